The normalized spacial score (nSPS) is 10.2. The van der Waals surface area contributed by atoms with Crippen LogP contribution < -0.4 is 0 Å². The summed E-state index contributed by atoms with van der Waals surface area (Å²) in [5.41, 5.74) is 16.1. The fraction of sp³-hybridized carbons (Fsp3) is 0.227. The third kappa shape index (κ3) is 10.5. The van der Waals surface area contributed by atoms with Gasteiger partial charge in [0.2, 0.25) is 0 Å². The Hall–Kier alpha value is -5.42. The van der Waals surface area contributed by atoms with Gasteiger partial charge in [0.25, 0.3) is 0 Å². The lowest BCUT2D eigenvalue weighted by Crippen LogP contribution is -1.74. The minimum Gasteiger partial charge on any atom is -0.358 e. The summed E-state index contributed by atoms with van der Waals surface area (Å²) in [6.45, 7) is 20.7. The van der Waals surface area contributed by atoms with Gasteiger partial charge < -0.3 is 15.0 Å². The van der Waals surface area contributed by atoms with E-state index in [2.05, 4.69) is 165 Å². The highest BCUT2D eigenvalue weighted by molar-refractivity contribution is 5.83. The summed E-state index contributed by atoms with van der Waals surface area (Å²) in [4.78, 5) is 18.4. The third-order valence-electron chi connectivity index (χ3n) is 8.26. The molecule has 0 aliphatic carbocycles. The summed E-state index contributed by atoms with van der Waals surface area (Å²) in [6.07, 6.45) is 0. The third-order valence-corrected chi connectivity index (χ3v) is 8.26. The number of aryl methyl sites for hydroxylation is 10. The molecule has 8 rings (SSSR count). The predicted molar refractivity (Wildman–Crippen MR) is 211 cm³/mol. The van der Waals surface area contributed by atoms with E-state index in [1.54, 1.807) is 0 Å². The zero-order valence-corrected chi connectivity index (χ0v) is 30.8. The van der Waals surface area contributed by atoms with E-state index in [1.165, 1.54) is 55.5 Å². The maximum absolute atomic E-state index is 4.36. The Balaban J connectivity index is 0.000000139. The summed E-state index contributed by atoms with van der Waals surface area (Å²) < 4.78 is 0. The van der Waals surface area contributed by atoms with Crippen molar-refractivity contribution in [2.24, 2.45) is 0 Å². The van der Waals surface area contributed by atoms with E-state index < -0.39 is 0 Å². The highest BCUT2D eigenvalue weighted by Crippen LogP contribution is 2.18. The summed E-state index contributed by atoms with van der Waals surface area (Å²) in [6, 6.07) is 37.6. The van der Waals surface area contributed by atoms with Gasteiger partial charge in [0.15, 0.2) is 0 Å². The lowest BCUT2D eigenvalue weighted by atomic mass is 10.1. The molecule has 8 aromatic rings. The van der Waals surface area contributed by atoms with Crippen molar-refractivity contribution in [3.8, 4) is 0 Å². The molecule has 252 valence electrons. The molecule has 0 radical (unpaired) electrons. The zero-order chi connectivity index (χ0) is 35.5. The molecular weight excluding hydrogens is 599 g/mol. The van der Waals surface area contributed by atoms with Crippen LogP contribution in [0.25, 0.3) is 33.0 Å². The molecule has 0 atom stereocenters. The van der Waals surface area contributed by atoms with E-state index in [-0.39, 0.29) is 0 Å². The molecule has 0 bridgehead atoms. The number of hydrogen-bond acceptors (Lipinski definition) is 2. The Morgan fingerprint density at radius 1 is 0.388 bits per heavy atom. The summed E-state index contributed by atoms with van der Waals surface area (Å²) >= 11 is 0. The molecule has 3 aromatic heterocycles. The van der Waals surface area contributed by atoms with Gasteiger partial charge in [-0.15, -0.1) is 0 Å². The number of para-hydroxylation sites is 3. The lowest BCUT2D eigenvalue weighted by molar-refractivity contribution is 1.17. The molecule has 0 saturated carbocycles. The molecule has 0 saturated heterocycles. The van der Waals surface area contributed by atoms with Crippen LogP contribution in [0.3, 0.4) is 0 Å². The second kappa shape index (κ2) is 17.1. The molecule has 0 aliphatic rings. The number of nitrogens with one attached hydrogen (secondary N) is 3. The van der Waals surface area contributed by atoms with Crippen LogP contribution in [0.15, 0.2) is 109 Å². The second-order valence-corrected chi connectivity index (χ2v) is 12.8. The van der Waals surface area contributed by atoms with Crippen molar-refractivity contribution < 1.29 is 0 Å². The number of aromatic amines is 3. The van der Waals surface area contributed by atoms with Crippen LogP contribution in [0.2, 0.25) is 0 Å². The first-order valence-electron chi connectivity index (χ1n) is 16.9. The molecule has 5 nitrogen and oxygen atoms in total. The molecular formula is C44H51N5. The second-order valence-electron chi connectivity index (χ2n) is 12.8. The highest BCUT2D eigenvalue weighted by atomic mass is 14.9. The fourth-order valence-electron chi connectivity index (χ4n) is 5.52. The quantitative estimate of drug-likeness (QED) is 0.153. The standard InChI is InChI=1S/C10H11N.2C9H10N2.2C8H10/c1-7-4-3-5-9-6-8(2)11-10(7)9;2*1-6-4-3-5-8-9(6)11-7(2)10-8;1-7-4-3-5-8(2)6-7;1-7-5-3-4-6-8(7)2/h3-6,11H,1-2H3;2*3-5H,1-2H3,(H,10,11);2*3-6H,1-2H3. The minimum atomic E-state index is 0.981. The molecule has 49 heavy (non-hydrogen) atoms. The average molecular weight is 650 g/mol. The van der Waals surface area contributed by atoms with Gasteiger partial charge in [-0.1, -0.05) is 102 Å². The van der Waals surface area contributed by atoms with Gasteiger partial charge >= 0.3 is 0 Å². The van der Waals surface area contributed by atoms with Gasteiger partial charge in [-0.2, -0.15) is 0 Å². The first kappa shape index (κ1) is 36.4. The van der Waals surface area contributed by atoms with Crippen molar-refractivity contribution in [2.75, 3.05) is 0 Å². The minimum absolute atomic E-state index is 0.981. The summed E-state index contributed by atoms with van der Waals surface area (Å²) in [5, 5.41) is 1.31. The number of nitrogens with zero attached hydrogens (tertiary/aromatic N) is 2. The van der Waals surface area contributed by atoms with Crippen LogP contribution in [0, 0.1) is 69.2 Å². The Bertz CT molecular complexity index is 2020. The Morgan fingerprint density at radius 2 is 0.816 bits per heavy atom. The topological polar surface area (TPSA) is 73.2 Å². The van der Waals surface area contributed by atoms with Gasteiger partial charge in [-0.05, 0) is 121 Å². The monoisotopic (exact) mass is 649 g/mol. The van der Waals surface area contributed by atoms with E-state index in [4.69, 9.17) is 0 Å². The summed E-state index contributed by atoms with van der Waals surface area (Å²) in [7, 11) is 0. The van der Waals surface area contributed by atoms with E-state index >= 15 is 0 Å². The molecule has 0 amide bonds. The lowest BCUT2D eigenvalue weighted by Gasteiger charge is -1.93. The molecule has 0 spiro atoms. The van der Waals surface area contributed by atoms with E-state index in [1.807, 2.05) is 38.1 Å². The van der Waals surface area contributed by atoms with Gasteiger partial charge in [0, 0.05) is 11.2 Å². The first-order valence-corrected chi connectivity index (χ1v) is 16.9. The van der Waals surface area contributed by atoms with Crippen LogP contribution in [-0.2, 0) is 0 Å². The molecule has 0 unspecified atom stereocenters. The van der Waals surface area contributed by atoms with Crippen molar-refractivity contribution in [3.05, 3.63) is 165 Å². The number of benzene rings is 5. The van der Waals surface area contributed by atoms with Crippen LogP contribution in [-0.4, -0.2) is 24.9 Å². The maximum Gasteiger partial charge on any atom is 0.104 e. The van der Waals surface area contributed by atoms with Crippen molar-refractivity contribution in [3.63, 3.8) is 0 Å². The maximum atomic E-state index is 4.36. The molecule has 3 heterocycles. The van der Waals surface area contributed by atoms with Gasteiger partial charge in [-0.3, -0.25) is 0 Å². The molecule has 5 heteroatoms. The van der Waals surface area contributed by atoms with E-state index in [0.717, 1.165) is 33.7 Å². The number of fused-ring (bicyclic) bond motifs is 3. The number of hydrogen-bond donors (Lipinski definition) is 3. The predicted octanol–water partition coefficient (Wildman–Crippen LogP) is 11.8. The highest BCUT2D eigenvalue weighted by Gasteiger charge is 2.01. The Morgan fingerprint density at radius 3 is 1.22 bits per heavy atom. The Kier molecular flexibility index (Phi) is 12.7. The van der Waals surface area contributed by atoms with Crippen LogP contribution in [0.4, 0.5) is 0 Å². The number of imidazole rings is 2. The molecule has 5 aromatic carbocycles. The van der Waals surface area contributed by atoms with Crippen molar-refractivity contribution >= 4 is 33.0 Å². The zero-order valence-electron chi connectivity index (χ0n) is 30.8. The van der Waals surface area contributed by atoms with Crippen LogP contribution in [0.5, 0.6) is 0 Å². The number of rotatable bonds is 0. The molecule has 0 aliphatic heterocycles. The van der Waals surface area contributed by atoms with E-state index in [9.17, 15) is 0 Å². The van der Waals surface area contributed by atoms with Gasteiger partial charge in [0.05, 0.1) is 22.1 Å². The van der Waals surface area contributed by atoms with Gasteiger partial charge in [-0.25, -0.2) is 9.97 Å². The van der Waals surface area contributed by atoms with E-state index in [0.29, 0.717) is 0 Å². The van der Waals surface area contributed by atoms with Crippen molar-refractivity contribution in [2.45, 2.75) is 69.2 Å². The van der Waals surface area contributed by atoms with Crippen LogP contribution in [0.1, 0.15) is 56.3 Å². The Labute approximate surface area is 291 Å². The fourth-order valence-corrected chi connectivity index (χ4v) is 5.52. The van der Waals surface area contributed by atoms with Crippen molar-refractivity contribution in [1.82, 2.24) is 24.9 Å². The van der Waals surface area contributed by atoms with Gasteiger partial charge in [0.1, 0.15) is 11.6 Å². The van der Waals surface area contributed by atoms with Crippen molar-refractivity contribution in [1.29, 1.82) is 0 Å². The summed E-state index contributed by atoms with van der Waals surface area (Å²) in [5.74, 6) is 1.96. The average Bonchev–Trinajstić information content (AvgIpc) is 3.76. The molecule has 0 fully saturated rings. The number of aromatic nitrogens is 5. The largest absolute Gasteiger partial charge is 0.358 e. The first-order chi connectivity index (χ1) is 23.4. The van der Waals surface area contributed by atoms with Crippen LogP contribution >= 0.6 is 0 Å². The number of H-pyrrole nitrogens is 3. The smallest absolute Gasteiger partial charge is 0.104 e. The SMILES string of the molecule is Cc1cc2cccc(C)c2[nH]1.Cc1cccc(C)c1.Cc1ccccc1C.Cc1nc2c(C)cccc2[nH]1.Cc1nc2c(C)cccc2[nH]1. The molecule has 3 N–H and O–H groups in total.